The smallest absolute Gasteiger partial charge is 0.330 e. The molecule has 0 aromatic heterocycles. The minimum Gasteiger partial charge on any atom is -0.466 e. The van der Waals surface area contributed by atoms with E-state index in [9.17, 15) is 19.5 Å². The molecule has 2 atom stereocenters. The molecule has 1 amide bonds. The number of rotatable bonds is 7. The van der Waals surface area contributed by atoms with Crippen LogP contribution < -0.4 is 10.9 Å². The van der Waals surface area contributed by atoms with Gasteiger partial charge in [-0.15, -0.1) is 0 Å². The summed E-state index contributed by atoms with van der Waals surface area (Å²) in [5, 5.41) is 12.2. The lowest BCUT2D eigenvalue weighted by molar-refractivity contribution is -0.134. The van der Waals surface area contributed by atoms with Crippen molar-refractivity contribution in [3.63, 3.8) is 0 Å². The Morgan fingerprint density at radius 2 is 1.93 bits per heavy atom. The van der Waals surface area contributed by atoms with Crippen LogP contribution in [0.3, 0.4) is 0 Å². The second-order valence-corrected chi connectivity index (χ2v) is 10.9. The van der Waals surface area contributed by atoms with Crippen LogP contribution in [0.4, 0.5) is 0 Å². The molecule has 0 radical (unpaired) electrons. The number of aryl methyl sites for hydroxylation is 2. The molecule has 1 aliphatic rings. The Morgan fingerprint density at radius 1 is 1.10 bits per heavy atom. The standard InChI is InChI=1S/C35H40N2O5/c1-24-20-32(38)31-22-25(14-15-27(31)16-17-33(39)36-37-34(40)18-19-35(41)42-2)10-6-4-3-5-7-11-26-21-28-12-8-9-13-29(28)30(24)23-26/h7-9,11-15,18-19,21-24,34,37,40H,3-6,10,16-17,20H2,1-2H3,(H,36,39)/b11-7-,19-18+/t24-,34?/m0/s1. The van der Waals surface area contributed by atoms with E-state index in [-0.39, 0.29) is 24.0 Å². The summed E-state index contributed by atoms with van der Waals surface area (Å²) < 4.78 is 4.48. The number of hydrogen-bond donors (Lipinski definition) is 3. The second-order valence-electron chi connectivity index (χ2n) is 10.9. The van der Waals surface area contributed by atoms with E-state index in [4.69, 9.17) is 0 Å². The number of fused-ring (bicyclic) bond motifs is 6. The zero-order chi connectivity index (χ0) is 29.9. The minimum absolute atomic E-state index is 0.00666. The van der Waals surface area contributed by atoms with Gasteiger partial charge in [0.05, 0.1) is 7.11 Å². The van der Waals surface area contributed by atoms with Gasteiger partial charge in [0.1, 0.15) is 6.23 Å². The third-order valence-electron chi connectivity index (χ3n) is 7.66. The third-order valence-corrected chi connectivity index (χ3v) is 7.66. The third kappa shape index (κ3) is 8.71. The topological polar surface area (TPSA) is 105 Å². The van der Waals surface area contributed by atoms with E-state index in [1.807, 2.05) is 24.3 Å². The average Bonchev–Trinajstić information content (AvgIpc) is 3.00. The summed E-state index contributed by atoms with van der Waals surface area (Å²) in [7, 11) is 1.23. The van der Waals surface area contributed by atoms with Crippen molar-refractivity contribution in [2.24, 2.45) is 0 Å². The Hall–Kier alpha value is -4.07. The van der Waals surface area contributed by atoms with Crippen LogP contribution in [-0.4, -0.2) is 36.1 Å². The van der Waals surface area contributed by atoms with E-state index < -0.39 is 12.2 Å². The van der Waals surface area contributed by atoms with Gasteiger partial charge in [-0.2, -0.15) is 0 Å². The summed E-state index contributed by atoms with van der Waals surface area (Å²) in [6, 6.07) is 18.8. The van der Waals surface area contributed by atoms with Crippen LogP contribution in [0, 0.1) is 0 Å². The van der Waals surface area contributed by atoms with Gasteiger partial charge in [0, 0.05) is 24.5 Å². The quantitative estimate of drug-likeness (QED) is 0.141. The van der Waals surface area contributed by atoms with Crippen LogP contribution in [0.15, 0.2) is 72.8 Å². The molecule has 0 aliphatic heterocycles. The maximum absolute atomic E-state index is 13.8. The number of nitrogens with one attached hydrogen (secondary N) is 2. The molecule has 4 bridgehead atoms. The van der Waals surface area contributed by atoms with E-state index >= 15 is 0 Å². The largest absolute Gasteiger partial charge is 0.466 e. The highest BCUT2D eigenvalue weighted by molar-refractivity contribution is 5.99. The molecule has 3 aromatic carbocycles. The van der Waals surface area contributed by atoms with Crippen LogP contribution in [-0.2, 0) is 27.2 Å². The first-order valence-corrected chi connectivity index (χ1v) is 14.7. The van der Waals surface area contributed by atoms with Crippen molar-refractivity contribution < 1.29 is 24.2 Å². The number of allylic oxidation sites excluding steroid dienone is 1. The Balaban J connectivity index is 1.53. The average molecular weight is 569 g/mol. The van der Waals surface area contributed by atoms with Crippen molar-refractivity contribution in [2.45, 2.75) is 70.4 Å². The molecule has 1 aliphatic carbocycles. The molecule has 220 valence electrons. The highest BCUT2D eigenvalue weighted by Gasteiger charge is 2.19. The van der Waals surface area contributed by atoms with Crippen LogP contribution in [0.5, 0.6) is 0 Å². The molecular formula is C35H40N2O5. The first kappa shape index (κ1) is 30.9. The van der Waals surface area contributed by atoms with Gasteiger partial charge in [0.25, 0.3) is 0 Å². The molecule has 0 heterocycles. The zero-order valence-electron chi connectivity index (χ0n) is 24.4. The van der Waals surface area contributed by atoms with Crippen molar-refractivity contribution in [1.29, 1.82) is 0 Å². The number of benzene rings is 3. The lowest BCUT2D eigenvalue weighted by Gasteiger charge is -2.18. The molecule has 0 saturated heterocycles. The number of amides is 1. The number of hydrazine groups is 1. The number of aliphatic hydroxyl groups is 1. The molecule has 3 aromatic rings. The molecule has 0 fully saturated rings. The number of hydrogen-bond acceptors (Lipinski definition) is 6. The number of carbonyl (C=O) groups is 3. The Labute approximate surface area is 247 Å². The number of ketones is 1. The summed E-state index contributed by atoms with van der Waals surface area (Å²) in [4.78, 5) is 37.5. The van der Waals surface area contributed by atoms with Gasteiger partial charge in [-0.3, -0.25) is 15.0 Å². The fraction of sp³-hybridized carbons (Fsp3) is 0.343. The molecule has 42 heavy (non-hydrogen) atoms. The van der Waals surface area contributed by atoms with Crippen LogP contribution >= 0.6 is 0 Å². The van der Waals surface area contributed by atoms with Gasteiger partial charge in [0.15, 0.2) is 5.78 Å². The van der Waals surface area contributed by atoms with E-state index in [0.29, 0.717) is 18.4 Å². The maximum atomic E-state index is 13.8. The molecular weight excluding hydrogens is 528 g/mol. The Bertz CT molecular complexity index is 1480. The van der Waals surface area contributed by atoms with E-state index in [2.05, 4.69) is 65.0 Å². The molecule has 7 nitrogen and oxygen atoms in total. The monoisotopic (exact) mass is 568 g/mol. The van der Waals surface area contributed by atoms with Crippen LogP contribution in [0.2, 0.25) is 0 Å². The highest BCUT2D eigenvalue weighted by atomic mass is 16.5. The summed E-state index contributed by atoms with van der Waals surface area (Å²) in [5.74, 6) is -0.884. The number of methoxy groups -OCH3 is 1. The number of ether oxygens (including phenoxy) is 1. The normalized spacial score (nSPS) is 17.6. The predicted octanol–water partition coefficient (Wildman–Crippen LogP) is 5.95. The molecule has 1 unspecified atom stereocenters. The van der Waals surface area contributed by atoms with Crippen molar-refractivity contribution in [2.75, 3.05) is 7.11 Å². The van der Waals surface area contributed by atoms with Crippen molar-refractivity contribution >= 4 is 34.5 Å². The van der Waals surface area contributed by atoms with Crippen LogP contribution in [0.1, 0.15) is 84.0 Å². The summed E-state index contributed by atoms with van der Waals surface area (Å²) in [6.45, 7) is 2.11. The SMILES string of the molecule is COC(=O)/C=C/C(O)NNC(=O)CCc1ccc2cc1C(=O)C[C@H](C)c1cc(cc3ccccc13)/C=C\CCCCC2. The summed E-state index contributed by atoms with van der Waals surface area (Å²) in [6.07, 6.45) is 11.5. The van der Waals surface area contributed by atoms with Crippen molar-refractivity contribution in [3.05, 3.63) is 101 Å². The van der Waals surface area contributed by atoms with E-state index in [0.717, 1.165) is 65.8 Å². The highest BCUT2D eigenvalue weighted by Crippen LogP contribution is 2.32. The lowest BCUT2D eigenvalue weighted by Crippen LogP contribution is -2.43. The van der Waals surface area contributed by atoms with Gasteiger partial charge in [-0.05, 0) is 89.3 Å². The fourth-order valence-electron chi connectivity index (χ4n) is 5.36. The second kappa shape index (κ2) is 15.2. The van der Waals surface area contributed by atoms with E-state index in [1.54, 1.807) is 0 Å². The fourth-order valence-corrected chi connectivity index (χ4v) is 5.36. The van der Waals surface area contributed by atoms with Crippen LogP contribution in [0.25, 0.3) is 16.8 Å². The number of esters is 1. The number of aliphatic hydroxyl groups excluding tert-OH is 1. The molecule has 3 N–H and O–H groups in total. The first-order valence-electron chi connectivity index (χ1n) is 14.7. The van der Waals surface area contributed by atoms with Gasteiger partial charge >= 0.3 is 5.97 Å². The lowest BCUT2D eigenvalue weighted by atomic mass is 9.86. The zero-order valence-corrected chi connectivity index (χ0v) is 24.4. The minimum atomic E-state index is -1.25. The van der Waals surface area contributed by atoms with Crippen molar-refractivity contribution in [3.8, 4) is 0 Å². The van der Waals surface area contributed by atoms with Crippen molar-refractivity contribution in [1.82, 2.24) is 10.9 Å². The van der Waals surface area contributed by atoms with Gasteiger partial charge < -0.3 is 9.84 Å². The van der Waals surface area contributed by atoms with Gasteiger partial charge in [0.2, 0.25) is 5.91 Å². The maximum Gasteiger partial charge on any atom is 0.330 e. The molecule has 7 heteroatoms. The Kier molecular flexibility index (Phi) is 11.2. The number of carbonyl (C=O) groups excluding carboxylic acids is 3. The van der Waals surface area contributed by atoms with Gasteiger partial charge in [-0.1, -0.05) is 68.0 Å². The predicted molar refractivity (Wildman–Crippen MR) is 166 cm³/mol. The summed E-state index contributed by atoms with van der Waals surface area (Å²) in [5.41, 5.74) is 9.84. The molecule has 0 spiro atoms. The first-order chi connectivity index (χ1) is 20.3. The summed E-state index contributed by atoms with van der Waals surface area (Å²) >= 11 is 0. The number of Topliss-reactive ketones (excluding diaryl/α,β-unsaturated/α-hetero) is 1. The molecule has 0 saturated carbocycles. The Morgan fingerprint density at radius 3 is 2.76 bits per heavy atom. The van der Waals surface area contributed by atoms with E-state index in [1.165, 1.54) is 18.6 Å². The molecule has 4 rings (SSSR count). The van der Waals surface area contributed by atoms with Gasteiger partial charge in [-0.25, -0.2) is 10.2 Å².